The van der Waals surface area contributed by atoms with Crippen LogP contribution in [0.25, 0.3) is 120 Å². The summed E-state index contributed by atoms with van der Waals surface area (Å²) in [5.41, 5.74) is 14.1. The van der Waals surface area contributed by atoms with Crippen LogP contribution in [0.15, 0.2) is 276 Å². The zero-order valence-electron chi connectivity index (χ0n) is 41.1. The molecule has 0 N–H and O–H groups in total. The molecule has 0 radical (unpaired) electrons. The highest BCUT2D eigenvalue weighted by Crippen LogP contribution is 2.54. The second kappa shape index (κ2) is 16.7. The van der Waals surface area contributed by atoms with Crippen molar-refractivity contribution >= 4 is 132 Å². The number of hydrogen-bond acceptors (Lipinski definition) is 4. The molecule has 2 aromatic heterocycles. The first-order chi connectivity index (χ1) is 37.7. The Morgan fingerprint density at radius 3 is 1.08 bits per heavy atom. The maximum atomic E-state index is 6.95. The van der Waals surface area contributed by atoms with Crippen LogP contribution in [0.3, 0.4) is 0 Å². The Morgan fingerprint density at radius 1 is 0.237 bits per heavy atom. The highest BCUT2D eigenvalue weighted by atomic mass is 16.3. The lowest BCUT2D eigenvalue weighted by atomic mass is 9.85. The Morgan fingerprint density at radius 2 is 0.618 bits per heavy atom. The van der Waals surface area contributed by atoms with Gasteiger partial charge in [-0.3, -0.25) is 0 Å². The van der Waals surface area contributed by atoms with E-state index in [1.54, 1.807) is 0 Å². The largest absolute Gasteiger partial charge is 0.454 e. The summed E-state index contributed by atoms with van der Waals surface area (Å²) in [6.45, 7) is 0. The molecule has 0 atom stereocenters. The number of para-hydroxylation sites is 4. The quantitative estimate of drug-likeness (QED) is 0.142. The van der Waals surface area contributed by atoms with Crippen LogP contribution in [0.5, 0.6) is 0 Å². The molecule has 4 nitrogen and oxygen atoms in total. The number of furan rings is 2. The molecule has 16 aromatic rings. The third-order valence-corrected chi connectivity index (χ3v) is 15.7. The van der Waals surface area contributed by atoms with E-state index in [1.807, 2.05) is 0 Å². The molecule has 0 spiro atoms. The van der Waals surface area contributed by atoms with Gasteiger partial charge in [0.1, 0.15) is 11.2 Å². The first kappa shape index (κ1) is 42.4. The summed E-state index contributed by atoms with van der Waals surface area (Å²) in [6, 6.07) is 96.8. The maximum absolute atomic E-state index is 6.95. The van der Waals surface area contributed by atoms with Gasteiger partial charge in [0.15, 0.2) is 11.2 Å². The minimum absolute atomic E-state index is 0.836. The third-order valence-electron chi connectivity index (χ3n) is 15.7. The first-order valence-corrected chi connectivity index (χ1v) is 26.0. The summed E-state index contributed by atoms with van der Waals surface area (Å²) >= 11 is 0. The van der Waals surface area contributed by atoms with Crippen molar-refractivity contribution in [3.63, 3.8) is 0 Å². The number of rotatable bonds is 8. The van der Waals surface area contributed by atoms with Crippen LogP contribution in [0.2, 0.25) is 0 Å². The first-order valence-electron chi connectivity index (χ1n) is 26.0. The second-order valence-electron chi connectivity index (χ2n) is 19.9. The SMILES string of the molecule is c1ccc(-c2cc(N(c3ccc4ccccc4c3)c3cccc4c3oc3ccccc34)c3ccc4c(-c5ccccc5)cc(N(c5ccc6ccccc6c5)c5cccc6c5oc5ccccc56)c5ccc2c3c45)cc1. The smallest absolute Gasteiger partial charge is 0.159 e. The lowest BCUT2D eigenvalue weighted by molar-refractivity contribution is 0.669. The zero-order chi connectivity index (χ0) is 49.8. The molecule has 354 valence electrons. The molecule has 0 aliphatic rings. The van der Waals surface area contributed by atoms with E-state index in [-0.39, 0.29) is 0 Å². The van der Waals surface area contributed by atoms with E-state index in [0.717, 1.165) is 122 Å². The molecule has 0 saturated carbocycles. The van der Waals surface area contributed by atoms with Gasteiger partial charge in [-0.15, -0.1) is 0 Å². The van der Waals surface area contributed by atoms with Crippen molar-refractivity contribution in [2.45, 2.75) is 0 Å². The number of hydrogen-bond donors (Lipinski definition) is 0. The number of fused-ring (bicyclic) bond motifs is 8. The summed E-state index contributed by atoms with van der Waals surface area (Å²) in [5.74, 6) is 0. The van der Waals surface area contributed by atoms with Crippen molar-refractivity contribution in [1.82, 2.24) is 0 Å². The molecule has 0 amide bonds. The second-order valence-corrected chi connectivity index (χ2v) is 19.9. The normalized spacial score (nSPS) is 11.9. The van der Waals surface area contributed by atoms with Crippen molar-refractivity contribution in [1.29, 1.82) is 0 Å². The molecule has 4 heteroatoms. The fourth-order valence-electron chi connectivity index (χ4n) is 12.3. The molecule has 0 fully saturated rings. The minimum atomic E-state index is 0.836. The van der Waals surface area contributed by atoms with Crippen molar-refractivity contribution in [3.05, 3.63) is 267 Å². The predicted molar refractivity (Wildman–Crippen MR) is 320 cm³/mol. The van der Waals surface area contributed by atoms with E-state index in [0.29, 0.717) is 0 Å². The van der Waals surface area contributed by atoms with Gasteiger partial charge in [-0.05, 0) is 115 Å². The van der Waals surface area contributed by atoms with Gasteiger partial charge in [0, 0.05) is 54.5 Å². The highest BCUT2D eigenvalue weighted by molar-refractivity contribution is 6.33. The molecule has 76 heavy (non-hydrogen) atoms. The van der Waals surface area contributed by atoms with Crippen LogP contribution in [-0.4, -0.2) is 0 Å². The summed E-state index contributed by atoms with van der Waals surface area (Å²) in [7, 11) is 0. The highest BCUT2D eigenvalue weighted by Gasteiger charge is 2.28. The van der Waals surface area contributed by atoms with Gasteiger partial charge in [0.2, 0.25) is 0 Å². The molecular weight excluding hydrogens is 925 g/mol. The van der Waals surface area contributed by atoms with Crippen LogP contribution in [-0.2, 0) is 0 Å². The van der Waals surface area contributed by atoms with Crippen LogP contribution in [0, 0.1) is 0 Å². The number of nitrogens with zero attached hydrogens (tertiary/aromatic N) is 2. The molecule has 14 aromatic carbocycles. The van der Waals surface area contributed by atoms with Crippen LogP contribution in [0.4, 0.5) is 34.1 Å². The van der Waals surface area contributed by atoms with Crippen LogP contribution in [0.1, 0.15) is 0 Å². The molecule has 0 unspecified atom stereocenters. The van der Waals surface area contributed by atoms with Crippen molar-refractivity contribution in [2.24, 2.45) is 0 Å². The van der Waals surface area contributed by atoms with Crippen molar-refractivity contribution in [2.75, 3.05) is 9.80 Å². The predicted octanol–water partition coefficient (Wildman–Crippen LogP) is 21.0. The topological polar surface area (TPSA) is 32.8 Å². The molecule has 16 rings (SSSR count). The summed E-state index contributed by atoms with van der Waals surface area (Å²) in [6.07, 6.45) is 0. The molecule has 2 heterocycles. The fraction of sp³-hybridized carbons (Fsp3) is 0. The van der Waals surface area contributed by atoms with Gasteiger partial charge in [-0.25, -0.2) is 0 Å². The molecular formula is C72H44N2O2. The third kappa shape index (κ3) is 6.44. The van der Waals surface area contributed by atoms with E-state index in [2.05, 4.69) is 277 Å². The van der Waals surface area contributed by atoms with Gasteiger partial charge in [-0.2, -0.15) is 0 Å². The minimum Gasteiger partial charge on any atom is -0.454 e. The van der Waals surface area contributed by atoms with Gasteiger partial charge in [0.25, 0.3) is 0 Å². The van der Waals surface area contributed by atoms with E-state index >= 15 is 0 Å². The molecule has 0 saturated heterocycles. The van der Waals surface area contributed by atoms with Crippen molar-refractivity contribution in [3.8, 4) is 22.3 Å². The lowest BCUT2D eigenvalue weighted by Crippen LogP contribution is -2.12. The average molecular weight is 969 g/mol. The van der Waals surface area contributed by atoms with Gasteiger partial charge in [-0.1, -0.05) is 206 Å². The number of benzene rings is 14. The molecule has 0 aliphatic carbocycles. The van der Waals surface area contributed by atoms with E-state index in [4.69, 9.17) is 8.83 Å². The standard InChI is InChI=1S/C72H44N2O2/c1-3-19-47(20-4-1)61-43-65(73(51-35-33-45-17-7-9-23-49(45)41-51)63-29-15-27-57-53-25-11-13-31-67(53)75-71(57)63)59-40-38-56-62(48-21-5-2-6-22-48)44-66(60-39-37-55(61)69(59)70(56)60)74(52-36-34-46-18-8-10-24-50(46)42-52)64-30-16-28-58-54-26-12-14-32-68(54)76-72(58)64/h1-44H. The van der Waals surface area contributed by atoms with Gasteiger partial charge in [0.05, 0.1) is 22.7 Å². The number of anilines is 6. The van der Waals surface area contributed by atoms with E-state index in [1.165, 1.54) is 32.3 Å². The summed E-state index contributed by atoms with van der Waals surface area (Å²) in [5, 5.41) is 16.0. The Bertz CT molecular complexity index is 4640. The monoisotopic (exact) mass is 968 g/mol. The fourth-order valence-corrected chi connectivity index (χ4v) is 12.3. The Balaban J connectivity index is 1.07. The maximum Gasteiger partial charge on any atom is 0.159 e. The zero-order valence-corrected chi connectivity index (χ0v) is 41.1. The summed E-state index contributed by atoms with van der Waals surface area (Å²) in [4.78, 5) is 4.89. The molecule has 0 aliphatic heterocycles. The van der Waals surface area contributed by atoms with Crippen LogP contribution >= 0.6 is 0 Å². The van der Waals surface area contributed by atoms with E-state index < -0.39 is 0 Å². The Labute approximate surface area is 437 Å². The summed E-state index contributed by atoms with van der Waals surface area (Å²) < 4.78 is 13.9. The Kier molecular flexibility index (Phi) is 9.30. The lowest BCUT2D eigenvalue weighted by Gasteiger charge is -2.31. The Hall–Kier alpha value is -10.2. The average Bonchev–Trinajstić information content (AvgIpc) is 4.10. The van der Waals surface area contributed by atoms with Gasteiger partial charge < -0.3 is 18.6 Å². The van der Waals surface area contributed by atoms with Crippen LogP contribution < -0.4 is 9.80 Å². The molecule has 0 bridgehead atoms. The van der Waals surface area contributed by atoms with Crippen molar-refractivity contribution < 1.29 is 8.83 Å². The van der Waals surface area contributed by atoms with Gasteiger partial charge >= 0.3 is 0 Å². The van der Waals surface area contributed by atoms with E-state index in [9.17, 15) is 0 Å².